The van der Waals surface area contributed by atoms with E-state index in [1.165, 1.54) is 5.56 Å². The summed E-state index contributed by atoms with van der Waals surface area (Å²) in [6.45, 7) is 3.77. The molecule has 0 spiro atoms. The first-order valence-corrected chi connectivity index (χ1v) is 10.9. The van der Waals surface area contributed by atoms with E-state index in [4.69, 9.17) is 16.3 Å². The summed E-state index contributed by atoms with van der Waals surface area (Å²) in [6.07, 6.45) is -3.53. The lowest BCUT2D eigenvalue weighted by atomic mass is 9.86. The van der Waals surface area contributed by atoms with Crippen molar-refractivity contribution in [3.63, 3.8) is 0 Å². The Hall–Kier alpha value is -1.47. The van der Waals surface area contributed by atoms with Gasteiger partial charge in [-0.1, -0.05) is 54.4 Å². The van der Waals surface area contributed by atoms with E-state index < -0.39 is 37.1 Å². The highest BCUT2D eigenvalue weighted by Crippen LogP contribution is 2.43. The van der Waals surface area contributed by atoms with Gasteiger partial charge in [-0.25, -0.2) is 0 Å². The molecule has 4 N–H and O–H groups in total. The zero-order valence-corrected chi connectivity index (χ0v) is 18.0. The first kappa shape index (κ1) is 21.8. The molecule has 1 fully saturated rings. The van der Waals surface area contributed by atoms with Crippen molar-refractivity contribution >= 4 is 11.6 Å². The van der Waals surface area contributed by atoms with Crippen LogP contribution < -0.4 is 0 Å². The minimum Gasteiger partial charge on any atom is -0.394 e. The van der Waals surface area contributed by atoms with Gasteiger partial charge in [0.2, 0.25) is 0 Å². The van der Waals surface area contributed by atoms with Crippen molar-refractivity contribution in [2.24, 2.45) is 5.92 Å². The van der Waals surface area contributed by atoms with E-state index in [0.29, 0.717) is 12.3 Å². The van der Waals surface area contributed by atoms with Crippen LogP contribution in [0.4, 0.5) is 0 Å². The zero-order valence-electron chi connectivity index (χ0n) is 17.3. The summed E-state index contributed by atoms with van der Waals surface area (Å²) in [5.74, 6) is 0.413. The number of aryl methyl sites for hydroxylation is 1. The molecule has 2 aromatic carbocycles. The number of fused-ring (bicyclic) bond motifs is 1. The fourth-order valence-corrected chi connectivity index (χ4v) is 5.04. The Kier molecular flexibility index (Phi) is 6.22. The number of aliphatic hydroxyl groups is 4. The van der Waals surface area contributed by atoms with E-state index in [1.807, 2.05) is 13.0 Å². The number of hydrogen-bond donors (Lipinski definition) is 4. The van der Waals surface area contributed by atoms with E-state index >= 15 is 0 Å². The molecule has 2 aliphatic rings. The third kappa shape index (κ3) is 3.91. The van der Waals surface area contributed by atoms with Crippen LogP contribution >= 0.6 is 11.6 Å². The second-order valence-electron chi connectivity index (χ2n) is 8.82. The van der Waals surface area contributed by atoms with E-state index in [9.17, 15) is 20.4 Å². The summed E-state index contributed by atoms with van der Waals surface area (Å²) in [7, 11) is 0. The van der Waals surface area contributed by atoms with Crippen molar-refractivity contribution in [1.82, 2.24) is 0 Å². The van der Waals surface area contributed by atoms with E-state index in [0.717, 1.165) is 45.7 Å². The molecule has 1 aliphatic heterocycles. The van der Waals surface area contributed by atoms with E-state index in [1.54, 1.807) is 0 Å². The van der Waals surface area contributed by atoms with Crippen molar-refractivity contribution in [2.45, 2.75) is 63.6 Å². The maximum absolute atomic E-state index is 10.7. The van der Waals surface area contributed by atoms with Crippen LogP contribution in [0.2, 0.25) is 5.02 Å². The molecular formula is C24H29ClO5. The Labute approximate surface area is 181 Å². The van der Waals surface area contributed by atoms with Crippen LogP contribution in [0.1, 0.15) is 46.4 Å². The molecular weight excluding hydrogens is 404 g/mol. The number of aliphatic hydroxyl groups excluding tert-OH is 4. The molecule has 6 atom stereocenters. The van der Waals surface area contributed by atoms with Crippen molar-refractivity contribution in [1.29, 1.82) is 0 Å². The molecule has 1 heterocycles. The second-order valence-corrected chi connectivity index (χ2v) is 9.20. The van der Waals surface area contributed by atoms with E-state index in [-0.39, 0.29) is 0 Å². The van der Waals surface area contributed by atoms with Crippen LogP contribution in [0.25, 0.3) is 0 Å². The molecule has 0 amide bonds. The predicted molar refractivity (Wildman–Crippen MR) is 115 cm³/mol. The zero-order chi connectivity index (χ0) is 21.6. The maximum atomic E-state index is 10.7. The molecule has 1 saturated heterocycles. The summed E-state index contributed by atoms with van der Waals surface area (Å²) in [6, 6.07) is 10.3. The number of benzene rings is 2. The average Bonchev–Trinajstić information content (AvgIpc) is 3.12. The number of halogens is 1. The lowest BCUT2D eigenvalue weighted by molar-refractivity contribution is -0.231. The highest BCUT2D eigenvalue weighted by molar-refractivity contribution is 6.32. The monoisotopic (exact) mass is 432 g/mol. The third-order valence-corrected chi connectivity index (χ3v) is 6.88. The molecule has 30 heavy (non-hydrogen) atoms. The third-order valence-electron chi connectivity index (χ3n) is 6.41. The van der Waals surface area contributed by atoms with Crippen molar-refractivity contribution in [3.05, 3.63) is 68.7 Å². The molecule has 0 aromatic heterocycles. The maximum Gasteiger partial charge on any atom is 0.113 e. The Morgan fingerprint density at radius 2 is 1.67 bits per heavy atom. The summed E-state index contributed by atoms with van der Waals surface area (Å²) < 4.78 is 5.88. The lowest BCUT2D eigenvalue weighted by Crippen LogP contribution is -2.55. The largest absolute Gasteiger partial charge is 0.394 e. The smallest absolute Gasteiger partial charge is 0.113 e. The van der Waals surface area contributed by atoms with Gasteiger partial charge in [-0.2, -0.15) is 0 Å². The Morgan fingerprint density at radius 1 is 1.00 bits per heavy atom. The fourth-order valence-electron chi connectivity index (χ4n) is 4.73. The van der Waals surface area contributed by atoms with Crippen molar-refractivity contribution in [2.75, 3.05) is 6.61 Å². The molecule has 6 heteroatoms. The van der Waals surface area contributed by atoms with Gasteiger partial charge in [-0.05, 0) is 59.9 Å². The van der Waals surface area contributed by atoms with Gasteiger partial charge in [0.05, 0.1) is 6.61 Å². The lowest BCUT2D eigenvalue weighted by Gasteiger charge is -2.41. The van der Waals surface area contributed by atoms with Crippen molar-refractivity contribution < 1.29 is 25.2 Å². The van der Waals surface area contributed by atoms with Gasteiger partial charge in [0.15, 0.2) is 0 Å². The molecule has 162 valence electrons. The van der Waals surface area contributed by atoms with Crippen LogP contribution in [-0.2, 0) is 24.0 Å². The molecule has 2 aromatic rings. The first-order chi connectivity index (χ1) is 14.3. The standard InChI is InChI=1S/C24H29ClO5/c1-12-3-5-14(6-4-12)9-15-10-18(16-7-13(2)8-17(16)20(15)25)24-23(29)22(28)21(27)19(11-26)30-24/h3-6,10,13,19,21-24,26-29H,7-9,11H2,1-2H3/t13?,19-,21-,22+,23-,24+/m1/s1. The minimum absolute atomic E-state index is 0.413. The summed E-state index contributed by atoms with van der Waals surface area (Å²) in [5.41, 5.74) is 6.17. The highest BCUT2D eigenvalue weighted by Gasteiger charge is 2.45. The van der Waals surface area contributed by atoms with Crippen LogP contribution in [0.3, 0.4) is 0 Å². The van der Waals surface area contributed by atoms with Gasteiger partial charge in [-0.3, -0.25) is 0 Å². The van der Waals surface area contributed by atoms with Gasteiger partial charge in [0.1, 0.15) is 30.5 Å². The Bertz CT molecular complexity index is 911. The van der Waals surface area contributed by atoms with Gasteiger partial charge in [-0.15, -0.1) is 0 Å². The number of hydrogen-bond acceptors (Lipinski definition) is 5. The normalized spacial score (nSPS) is 31.0. The topological polar surface area (TPSA) is 90.2 Å². The molecule has 0 bridgehead atoms. The van der Waals surface area contributed by atoms with Gasteiger partial charge < -0.3 is 25.2 Å². The number of rotatable bonds is 4. The molecule has 0 saturated carbocycles. The average molecular weight is 433 g/mol. The minimum atomic E-state index is -1.40. The SMILES string of the molecule is Cc1ccc(Cc2cc([C@@H]3O[C@H](CO)[C@@H](O)[C@H](O)[C@H]3O)c3c(c2Cl)CC(C)C3)cc1. The Morgan fingerprint density at radius 3 is 2.33 bits per heavy atom. The second kappa shape index (κ2) is 8.58. The number of ether oxygens (including phenoxy) is 1. The highest BCUT2D eigenvalue weighted by atomic mass is 35.5. The Balaban J connectivity index is 1.77. The summed E-state index contributed by atoms with van der Waals surface area (Å²) in [5, 5.41) is 41.5. The fraction of sp³-hybridized carbons (Fsp3) is 0.500. The first-order valence-electron chi connectivity index (χ1n) is 10.5. The molecule has 1 unspecified atom stereocenters. The van der Waals surface area contributed by atoms with E-state index in [2.05, 4.69) is 31.2 Å². The van der Waals surface area contributed by atoms with Crippen LogP contribution in [0.5, 0.6) is 0 Å². The molecule has 5 nitrogen and oxygen atoms in total. The summed E-state index contributed by atoms with van der Waals surface area (Å²) >= 11 is 6.82. The molecule has 1 aliphatic carbocycles. The summed E-state index contributed by atoms with van der Waals surface area (Å²) in [4.78, 5) is 0. The van der Waals surface area contributed by atoms with Crippen LogP contribution in [0.15, 0.2) is 30.3 Å². The molecule has 0 radical (unpaired) electrons. The van der Waals surface area contributed by atoms with Crippen LogP contribution in [0, 0.1) is 12.8 Å². The quantitative estimate of drug-likeness (QED) is 0.596. The van der Waals surface area contributed by atoms with Gasteiger partial charge in [0.25, 0.3) is 0 Å². The van der Waals surface area contributed by atoms with Crippen LogP contribution in [-0.4, -0.2) is 51.4 Å². The van der Waals surface area contributed by atoms with Gasteiger partial charge >= 0.3 is 0 Å². The van der Waals surface area contributed by atoms with Crippen molar-refractivity contribution in [3.8, 4) is 0 Å². The van der Waals surface area contributed by atoms with Gasteiger partial charge in [0, 0.05) is 5.02 Å². The molecule has 4 rings (SSSR count). The predicted octanol–water partition coefficient (Wildman–Crippen LogP) is 2.49.